The first kappa shape index (κ1) is 12.1. The fraction of sp³-hybridized carbons (Fsp3) is 0.500. The average Bonchev–Trinajstić information content (AvgIpc) is 2.32. The van der Waals surface area contributed by atoms with Gasteiger partial charge in [0.05, 0.1) is 6.10 Å². The lowest BCUT2D eigenvalue weighted by atomic mass is 9.73. The first-order chi connectivity index (χ1) is 8.15. The lowest BCUT2D eigenvalue weighted by Gasteiger charge is -2.36. The molecular weight excluding hydrogens is 216 g/mol. The number of aliphatic hydroxyl groups excluding tert-OH is 1. The van der Waals surface area contributed by atoms with Crippen LogP contribution in [0, 0.1) is 5.92 Å². The second-order valence-corrected chi connectivity index (χ2v) is 4.66. The van der Waals surface area contributed by atoms with Crippen LogP contribution in [0.1, 0.15) is 36.8 Å². The molecule has 3 nitrogen and oxygen atoms in total. The van der Waals surface area contributed by atoms with Crippen LogP contribution in [0.5, 0.6) is 0 Å². The monoisotopic (exact) mass is 233 g/mol. The Morgan fingerprint density at radius 1 is 1.53 bits per heavy atom. The minimum absolute atomic E-state index is 0.324. The third-order valence-corrected chi connectivity index (χ3v) is 3.71. The predicted octanol–water partition coefficient (Wildman–Crippen LogP) is 0.853. The van der Waals surface area contributed by atoms with Crippen molar-refractivity contribution in [2.75, 3.05) is 0 Å². The predicted molar refractivity (Wildman–Crippen MR) is 62.3 cm³/mol. The van der Waals surface area contributed by atoms with Crippen LogP contribution in [0.15, 0.2) is 24.3 Å². The minimum atomic E-state index is -1.06. The van der Waals surface area contributed by atoms with Crippen LogP contribution >= 0.6 is 0 Å². The van der Waals surface area contributed by atoms with E-state index in [1.165, 1.54) is 0 Å². The molecular formula is C14H17O3-. The Hall–Kier alpha value is -1.35. The number of carboxylic acid groups (broad SMARTS) is 1. The van der Waals surface area contributed by atoms with Crippen molar-refractivity contribution in [2.24, 2.45) is 5.92 Å². The molecule has 1 aliphatic rings. The molecule has 2 rings (SSSR count). The van der Waals surface area contributed by atoms with E-state index in [1.807, 2.05) is 31.2 Å². The lowest BCUT2D eigenvalue weighted by molar-refractivity contribution is -0.313. The van der Waals surface area contributed by atoms with Gasteiger partial charge in [0.2, 0.25) is 0 Å². The normalized spacial score (nSPS) is 25.1. The van der Waals surface area contributed by atoms with Gasteiger partial charge in [0.25, 0.3) is 0 Å². The van der Waals surface area contributed by atoms with Crippen molar-refractivity contribution in [1.29, 1.82) is 0 Å². The van der Waals surface area contributed by atoms with E-state index in [-0.39, 0.29) is 5.92 Å². The molecule has 1 aromatic rings. The molecule has 0 radical (unpaired) electrons. The van der Waals surface area contributed by atoms with Gasteiger partial charge in [-0.3, -0.25) is 0 Å². The van der Waals surface area contributed by atoms with Crippen LogP contribution in [0.3, 0.4) is 0 Å². The Morgan fingerprint density at radius 3 is 2.88 bits per heavy atom. The van der Waals surface area contributed by atoms with Crippen LogP contribution in [-0.4, -0.2) is 17.2 Å². The first-order valence-electron chi connectivity index (χ1n) is 6.11. The van der Waals surface area contributed by atoms with Crippen molar-refractivity contribution in [1.82, 2.24) is 0 Å². The van der Waals surface area contributed by atoms with Crippen molar-refractivity contribution in [2.45, 2.75) is 38.2 Å². The Labute approximate surface area is 101 Å². The number of rotatable bonds is 3. The smallest absolute Gasteiger partial charge is 0.0618 e. The molecule has 0 aliphatic heterocycles. The number of aliphatic hydroxyl groups is 1. The van der Waals surface area contributed by atoms with Gasteiger partial charge in [-0.05, 0) is 30.4 Å². The molecule has 0 aromatic heterocycles. The average molecular weight is 233 g/mol. The molecule has 3 heteroatoms. The van der Waals surface area contributed by atoms with Crippen LogP contribution in [-0.2, 0) is 11.2 Å². The molecule has 0 spiro atoms. The van der Waals surface area contributed by atoms with E-state index in [1.54, 1.807) is 0 Å². The number of carbonyl (C=O) groups excluding carboxylic acids is 1. The van der Waals surface area contributed by atoms with Gasteiger partial charge in [-0.2, -0.15) is 0 Å². The van der Waals surface area contributed by atoms with E-state index in [9.17, 15) is 15.0 Å². The number of benzene rings is 1. The minimum Gasteiger partial charge on any atom is -0.550 e. The van der Waals surface area contributed by atoms with Gasteiger partial charge in [-0.25, -0.2) is 0 Å². The highest BCUT2D eigenvalue weighted by Crippen LogP contribution is 2.38. The second-order valence-electron chi connectivity index (χ2n) is 4.66. The van der Waals surface area contributed by atoms with E-state index in [0.717, 1.165) is 17.5 Å². The first-order valence-corrected chi connectivity index (χ1v) is 6.11. The molecule has 0 bridgehead atoms. The Balaban J connectivity index is 2.41. The summed E-state index contributed by atoms with van der Waals surface area (Å²) in [5.41, 5.74) is 2.13. The summed E-state index contributed by atoms with van der Waals surface area (Å²) in [4.78, 5) is 11.2. The van der Waals surface area contributed by atoms with Gasteiger partial charge in [-0.15, -0.1) is 0 Å². The molecule has 92 valence electrons. The van der Waals surface area contributed by atoms with E-state index in [0.29, 0.717) is 12.8 Å². The number of carboxylic acids is 1. The van der Waals surface area contributed by atoms with E-state index < -0.39 is 18.0 Å². The summed E-state index contributed by atoms with van der Waals surface area (Å²) in [5, 5.41) is 21.2. The maximum atomic E-state index is 11.2. The Kier molecular flexibility index (Phi) is 3.48. The summed E-state index contributed by atoms with van der Waals surface area (Å²) >= 11 is 0. The lowest BCUT2D eigenvalue weighted by Crippen LogP contribution is -2.40. The number of aliphatic carboxylic acids is 1. The van der Waals surface area contributed by atoms with Crippen LogP contribution < -0.4 is 5.11 Å². The van der Waals surface area contributed by atoms with Gasteiger partial charge >= 0.3 is 0 Å². The SMILES string of the molecule is CCC(C(=O)[O-])C1c2ccccc2CCC1O. The molecule has 1 aromatic carbocycles. The molecule has 0 fully saturated rings. The van der Waals surface area contributed by atoms with Crippen molar-refractivity contribution >= 4 is 5.97 Å². The van der Waals surface area contributed by atoms with E-state index in [2.05, 4.69) is 0 Å². The van der Waals surface area contributed by atoms with Crippen molar-refractivity contribution in [3.63, 3.8) is 0 Å². The maximum Gasteiger partial charge on any atom is 0.0618 e. The highest BCUT2D eigenvalue weighted by molar-refractivity contribution is 5.69. The quantitative estimate of drug-likeness (QED) is 0.842. The molecule has 1 N–H and O–H groups in total. The summed E-state index contributed by atoms with van der Waals surface area (Å²) < 4.78 is 0. The van der Waals surface area contributed by atoms with Crippen molar-refractivity contribution < 1.29 is 15.0 Å². The standard InChI is InChI=1S/C14H18O3/c1-2-10(14(16)17)13-11-6-4-3-5-9(11)7-8-12(13)15/h3-6,10,12-13,15H,2,7-8H2,1H3,(H,16,17)/p-1. The number of aryl methyl sites for hydroxylation is 1. The molecule has 17 heavy (non-hydrogen) atoms. The summed E-state index contributed by atoms with van der Waals surface area (Å²) in [7, 11) is 0. The number of hydrogen-bond acceptors (Lipinski definition) is 3. The molecule has 0 heterocycles. The number of fused-ring (bicyclic) bond motifs is 1. The molecule has 3 atom stereocenters. The number of carbonyl (C=O) groups is 1. The van der Waals surface area contributed by atoms with Crippen molar-refractivity contribution in [3.05, 3.63) is 35.4 Å². The summed E-state index contributed by atoms with van der Waals surface area (Å²) in [6.07, 6.45) is 1.36. The van der Waals surface area contributed by atoms with Crippen LogP contribution in [0.4, 0.5) is 0 Å². The van der Waals surface area contributed by atoms with Gasteiger partial charge in [0.15, 0.2) is 0 Å². The zero-order valence-corrected chi connectivity index (χ0v) is 9.93. The van der Waals surface area contributed by atoms with Crippen LogP contribution in [0.2, 0.25) is 0 Å². The van der Waals surface area contributed by atoms with Gasteiger partial charge in [0, 0.05) is 17.8 Å². The van der Waals surface area contributed by atoms with E-state index in [4.69, 9.17) is 0 Å². The second kappa shape index (κ2) is 4.88. The van der Waals surface area contributed by atoms with Crippen molar-refractivity contribution in [3.8, 4) is 0 Å². The topological polar surface area (TPSA) is 60.4 Å². The zero-order chi connectivity index (χ0) is 12.4. The van der Waals surface area contributed by atoms with Gasteiger partial charge in [0.1, 0.15) is 0 Å². The maximum absolute atomic E-state index is 11.2. The largest absolute Gasteiger partial charge is 0.550 e. The van der Waals surface area contributed by atoms with Gasteiger partial charge < -0.3 is 15.0 Å². The highest BCUT2D eigenvalue weighted by atomic mass is 16.4. The van der Waals surface area contributed by atoms with Gasteiger partial charge in [-0.1, -0.05) is 31.2 Å². The third-order valence-electron chi connectivity index (χ3n) is 3.71. The molecule has 0 saturated carbocycles. The highest BCUT2D eigenvalue weighted by Gasteiger charge is 2.33. The molecule has 0 amide bonds. The zero-order valence-electron chi connectivity index (χ0n) is 9.93. The molecule has 1 aliphatic carbocycles. The summed E-state index contributed by atoms with van der Waals surface area (Å²) in [5.74, 6) is -1.99. The molecule has 0 saturated heterocycles. The van der Waals surface area contributed by atoms with E-state index >= 15 is 0 Å². The Bertz CT molecular complexity index is 414. The van der Waals surface area contributed by atoms with Crippen LogP contribution in [0.25, 0.3) is 0 Å². The summed E-state index contributed by atoms with van der Waals surface area (Å²) in [6, 6.07) is 7.78. The Morgan fingerprint density at radius 2 is 2.24 bits per heavy atom. The fourth-order valence-electron chi connectivity index (χ4n) is 2.83. The number of hydrogen-bond donors (Lipinski definition) is 1. The summed E-state index contributed by atoms with van der Waals surface area (Å²) in [6.45, 7) is 1.82. The molecule has 3 unspecified atom stereocenters. The third kappa shape index (κ3) is 2.20. The fourth-order valence-corrected chi connectivity index (χ4v) is 2.83.